The number of imidazole rings is 1. The van der Waals surface area contributed by atoms with Crippen molar-refractivity contribution in [3.63, 3.8) is 0 Å². The van der Waals surface area contributed by atoms with Gasteiger partial charge in [-0.25, -0.2) is 14.2 Å². The first-order valence-electron chi connectivity index (χ1n) is 5.73. The molecule has 1 heterocycles. The fourth-order valence-electron chi connectivity index (χ4n) is 1.98. The van der Waals surface area contributed by atoms with Crippen molar-refractivity contribution in [1.29, 1.82) is 0 Å². The van der Waals surface area contributed by atoms with Crippen molar-refractivity contribution in [3.8, 4) is 11.4 Å². The van der Waals surface area contributed by atoms with Gasteiger partial charge in [-0.1, -0.05) is 23.7 Å². The van der Waals surface area contributed by atoms with Crippen LogP contribution in [0.2, 0.25) is 5.02 Å². The third-order valence-electron chi connectivity index (χ3n) is 2.92. The quantitative estimate of drug-likeness (QED) is 0.756. The first-order valence-corrected chi connectivity index (χ1v) is 6.11. The Kier molecular flexibility index (Phi) is 2.91. The predicted octanol–water partition coefficient (Wildman–Crippen LogP) is 3.72. The first kappa shape index (κ1) is 12.6. The molecule has 0 aliphatic carbocycles. The summed E-state index contributed by atoms with van der Waals surface area (Å²) in [7, 11) is 0. The van der Waals surface area contributed by atoms with E-state index in [1.807, 2.05) is 0 Å². The average molecular weight is 291 g/mol. The van der Waals surface area contributed by atoms with Crippen molar-refractivity contribution in [1.82, 2.24) is 9.97 Å². The Labute approximate surface area is 117 Å². The number of carboxylic acid groups (broad SMARTS) is 1. The minimum Gasteiger partial charge on any atom is -0.478 e. The van der Waals surface area contributed by atoms with Gasteiger partial charge in [-0.05, 0) is 24.3 Å². The number of H-pyrrole nitrogens is 1. The second kappa shape index (κ2) is 4.61. The van der Waals surface area contributed by atoms with Gasteiger partial charge in [0.2, 0.25) is 0 Å². The zero-order valence-corrected chi connectivity index (χ0v) is 10.8. The monoisotopic (exact) mass is 290 g/mol. The predicted molar refractivity (Wildman–Crippen MR) is 73.5 cm³/mol. The first-order chi connectivity index (χ1) is 9.56. The molecule has 0 unspecified atom stereocenters. The van der Waals surface area contributed by atoms with Crippen molar-refractivity contribution in [2.24, 2.45) is 0 Å². The van der Waals surface area contributed by atoms with Gasteiger partial charge in [0, 0.05) is 0 Å². The van der Waals surface area contributed by atoms with Crippen LogP contribution >= 0.6 is 11.6 Å². The highest BCUT2D eigenvalue weighted by Crippen LogP contribution is 2.28. The molecular weight excluding hydrogens is 283 g/mol. The molecule has 0 amide bonds. The van der Waals surface area contributed by atoms with Crippen LogP contribution in [0.1, 0.15) is 10.4 Å². The van der Waals surface area contributed by atoms with Crippen LogP contribution in [0.25, 0.3) is 22.4 Å². The number of nitrogens with zero attached hydrogens (tertiary/aromatic N) is 1. The molecule has 3 rings (SSSR count). The summed E-state index contributed by atoms with van der Waals surface area (Å²) < 4.78 is 13.7. The van der Waals surface area contributed by atoms with Crippen LogP contribution in [0.4, 0.5) is 4.39 Å². The molecule has 0 saturated carbocycles. The van der Waals surface area contributed by atoms with Crippen LogP contribution in [0.3, 0.4) is 0 Å². The summed E-state index contributed by atoms with van der Waals surface area (Å²) in [6.07, 6.45) is 0. The number of halogens is 2. The third-order valence-corrected chi connectivity index (χ3v) is 3.20. The van der Waals surface area contributed by atoms with Crippen LogP contribution in [0.15, 0.2) is 36.4 Å². The molecule has 6 heteroatoms. The molecule has 0 spiro atoms. The number of benzene rings is 2. The largest absolute Gasteiger partial charge is 0.478 e. The number of carbonyl (C=O) groups is 1. The molecule has 0 radical (unpaired) electrons. The highest BCUT2D eigenvalue weighted by atomic mass is 35.5. The summed E-state index contributed by atoms with van der Waals surface area (Å²) in [6, 6.07) is 8.91. The van der Waals surface area contributed by atoms with E-state index in [1.54, 1.807) is 18.2 Å². The second-order valence-corrected chi connectivity index (χ2v) is 4.63. The lowest BCUT2D eigenvalue weighted by Crippen LogP contribution is -1.95. The van der Waals surface area contributed by atoms with Crippen molar-refractivity contribution in [3.05, 3.63) is 52.8 Å². The molecule has 0 aliphatic heterocycles. The van der Waals surface area contributed by atoms with Crippen LogP contribution in [0.5, 0.6) is 0 Å². The molecular formula is C14H8ClFN2O2. The van der Waals surface area contributed by atoms with Gasteiger partial charge in [-0.3, -0.25) is 0 Å². The molecule has 0 bridgehead atoms. The summed E-state index contributed by atoms with van der Waals surface area (Å²) >= 11 is 6.01. The molecule has 20 heavy (non-hydrogen) atoms. The van der Waals surface area contributed by atoms with Gasteiger partial charge in [0.1, 0.15) is 17.2 Å². The van der Waals surface area contributed by atoms with E-state index >= 15 is 0 Å². The van der Waals surface area contributed by atoms with E-state index < -0.39 is 11.8 Å². The minimum atomic E-state index is -1.09. The van der Waals surface area contributed by atoms with Gasteiger partial charge >= 0.3 is 5.97 Å². The van der Waals surface area contributed by atoms with Crippen LogP contribution in [0, 0.1) is 5.82 Å². The highest BCUT2D eigenvalue weighted by Gasteiger charge is 2.14. The molecule has 2 N–H and O–H groups in total. The number of hydrogen-bond donors (Lipinski definition) is 2. The van der Waals surface area contributed by atoms with Crippen LogP contribution in [-0.2, 0) is 0 Å². The molecule has 4 nitrogen and oxygen atoms in total. The van der Waals surface area contributed by atoms with E-state index in [0.717, 1.165) is 0 Å². The van der Waals surface area contributed by atoms with E-state index in [1.165, 1.54) is 18.2 Å². The number of nitrogens with one attached hydrogen (secondary N) is 1. The van der Waals surface area contributed by atoms with Crippen LogP contribution in [-0.4, -0.2) is 21.0 Å². The fourth-order valence-corrected chi connectivity index (χ4v) is 2.24. The zero-order valence-electron chi connectivity index (χ0n) is 10.0. The molecule has 1 aromatic heterocycles. The summed E-state index contributed by atoms with van der Waals surface area (Å²) in [5.74, 6) is -1.19. The number of rotatable bonds is 2. The molecule has 0 saturated heterocycles. The summed E-state index contributed by atoms with van der Waals surface area (Å²) in [4.78, 5) is 18.1. The van der Waals surface area contributed by atoms with Crippen molar-refractivity contribution in [2.45, 2.75) is 0 Å². The fraction of sp³-hybridized carbons (Fsp3) is 0. The lowest BCUT2D eigenvalue weighted by Gasteiger charge is -1.97. The van der Waals surface area contributed by atoms with E-state index in [4.69, 9.17) is 16.7 Å². The topological polar surface area (TPSA) is 66.0 Å². The van der Waals surface area contributed by atoms with Gasteiger partial charge in [0.05, 0.1) is 21.7 Å². The van der Waals surface area contributed by atoms with E-state index in [0.29, 0.717) is 22.4 Å². The zero-order chi connectivity index (χ0) is 14.3. The lowest BCUT2D eigenvalue weighted by atomic mass is 10.2. The van der Waals surface area contributed by atoms with E-state index in [-0.39, 0.29) is 10.6 Å². The standard InChI is InChI=1S/C14H8ClFN2O2/c15-9-5-7(14(19)20)6-11-12(9)18-13(17-11)8-3-1-2-4-10(8)16/h1-6H,(H,17,18)(H,19,20). The average Bonchev–Trinajstić information content (AvgIpc) is 2.83. The maximum absolute atomic E-state index is 13.7. The Balaban J connectivity index is 2.23. The van der Waals surface area contributed by atoms with Crippen molar-refractivity contribution >= 4 is 28.6 Å². The highest BCUT2D eigenvalue weighted by molar-refractivity contribution is 6.35. The SMILES string of the molecule is O=C(O)c1cc(Cl)c2nc(-c3ccccc3F)[nH]c2c1. The number of fused-ring (bicyclic) bond motifs is 1. The maximum Gasteiger partial charge on any atom is 0.335 e. The summed E-state index contributed by atoms with van der Waals surface area (Å²) in [5, 5.41) is 9.19. The number of aromatic amines is 1. The van der Waals surface area contributed by atoms with Gasteiger partial charge in [-0.15, -0.1) is 0 Å². The third kappa shape index (κ3) is 2.02. The van der Waals surface area contributed by atoms with Gasteiger partial charge in [0.25, 0.3) is 0 Å². The van der Waals surface area contributed by atoms with Gasteiger partial charge < -0.3 is 10.1 Å². The number of carboxylic acids is 1. The minimum absolute atomic E-state index is 0.0474. The molecule has 0 fully saturated rings. The van der Waals surface area contributed by atoms with Gasteiger partial charge in [-0.2, -0.15) is 0 Å². The van der Waals surface area contributed by atoms with E-state index in [2.05, 4.69) is 9.97 Å². The van der Waals surface area contributed by atoms with E-state index in [9.17, 15) is 9.18 Å². The lowest BCUT2D eigenvalue weighted by molar-refractivity contribution is 0.0697. The Morgan fingerprint density at radius 3 is 2.75 bits per heavy atom. The Morgan fingerprint density at radius 2 is 2.05 bits per heavy atom. The summed E-state index contributed by atoms with van der Waals surface area (Å²) in [5.41, 5.74) is 1.21. The van der Waals surface area contributed by atoms with Crippen molar-refractivity contribution in [2.75, 3.05) is 0 Å². The Bertz CT molecular complexity index is 829. The number of hydrogen-bond acceptors (Lipinski definition) is 2. The Hall–Kier alpha value is -2.40. The normalized spacial score (nSPS) is 10.9. The molecule has 0 atom stereocenters. The molecule has 100 valence electrons. The molecule has 0 aliphatic rings. The second-order valence-electron chi connectivity index (χ2n) is 4.22. The smallest absolute Gasteiger partial charge is 0.335 e. The molecule has 2 aromatic carbocycles. The summed E-state index contributed by atoms with van der Waals surface area (Å²) in [6.45, 7) is 0. The van der Waals surface area contributed by atoms with Crippen molar-refractivity contribution < 1.29 is 14.3 Å². The Morgan fingerprint density at radius 1 is 1.30 bits per heavy atom. The van der Waals surface area contributed by atoms with Gasteiger partial charge in [0.15, 0.2) is 0 Å². The maximum atomic E-state index is 13.7. The number of aromatic carboxylic acids is 1. The van der Waals surface area contributed by atoms with Crippen LogP contribution < -0.4 is 0 Å². The number of aromatic nitrogens is 2. The molecule has 3 aromatic rings.